The number of carbonyl (C=O) groups excluding carboxylic acids is 1. The van der Waals surface area contributed by atoms with Crippen molar-refractivity contribution in [3.8, 4) is 11.4 Å². The molecule has 0 aliphatic heterocycles. The summed E-state index contributed by atoms with van der Waals surface area (Å²) in [7, 11) is 0. The Labute approximate surface area is 146 Å². The van der Waals surface area contributed by atoms with E-state index in [0.717, 1.165) is 15.6 Å². The predicted octanol–water partition coefficient (Wildman–Crippen LogP) is 2.97. The molecule has 7 nitrogen and oxygen atoms in total. The molecule has 0 aliphatic carbocycles. The number of hydrogen-bond acceptors (Lipinski definition) is 6. The summed E-state index contributed by atoms with van der Waals surface area (Å²) in [6.45, 7) is 0. The fourth-order valence-corrected chi connectivity index (χ4v) is 2.51. The van der Waals surface area contributed by atoms with Crippen molar-refractivity contribution in [3.63, 3.8) is 0 Å². The number of hydrogen-bond donors (Lipinski definition) is 2. The van der Waals surface area contributed by atoms with Gasteiger partial charge in [-0.25, -0.2) is 5.43 Å². The lowest BCUT2D eigenvalue weighted by Gasteiger charge is -2.05. The Morgan fingerprint density at radius 1 is 1.17 bits per heavy atom. The number of aryl methyl sites for hydroxylation is 1. The molecule has 0 radical (unpaired) electrons. The van der Waals surface area contributed by atoms with Crippen molar-refractivity contribution in [1.29, 1.82) is 0 Å². The number of rotatable bonds is 6. The van der Waals surface area contributed by atoms with E-state index >= 15 is 0 Å². The smallest absolute Gasteiger partial charge is 0.313 e. The average Bonchev–Trinajstić information content (AvgIpc) is 3.09. The first-order valence-corrected chi connectivity index (χ1v) is 8.04. The lowest BCUT2D eigenvalue weighted by atomic mass is 10.1. The van der Waals surface area contributed by atoms with Crippen LogP contribution in [0.2, 0.25) is 0 Å². The minimum absolute atomic E-state index is 0.121. The molecule has 2 heterocycles. The highest BCUT2D eigenvalue weighted by Crippen LogP contribution is 2.17. The first kappa shape index (κ1) is 16.1. The molecule has 0 atom stereocenters. The normalized spacial score (nSPS) is 10.4. The summed E-state index contributed by atoms with van der Waals surface area (Å²) in [4.78, 5) is 20.0. The number of amides is 1. The SMILES string of the molecule is O=C(CCc1ccccc1Br)NNc1nc(-c2ccncc2)no1. The van der Waals surface area contributed by atoms with Crippen molar-refractivity contribution >= 4 is 27.9 Å². The molecule has 1 aromatic carbocycles. The number of hydrazine groups is 1. The summed E-state index contributed by atoms with van der Waals surface area (Å²) in [5.41, 5.74) is 7.01. The van der Waals surface area contributed by atoms with Crippen LogP contribution < -0.4 is 10.9 Å². The Kier molecular flexibility index (Phi) is 5.17. The quantitative estimate of drug-likeness (QED) is 0.631. The summed E-state index contributed by atoms with van der Waals surface area (Å²) in [6, 6.07) is 11.5. The second-order valence-corrected chi connectivity index (χ2v) is 5.78. The van der Waals surface area contributed by atoms with E-state index in [2.05, 4.69) is 41.9 Å². The van der Waals surface area contributed by atoms with E-state index in [1.165, 1.54) is 0 Å². The second-order valence-electron chi connectivity index (χ2n) is 4.92. The number of pyridine rings is 1. The molecule has 3 rings (SSSR count). The second kappa shape index (κ2) is 7.69. The van der Waals surface area contributed by atoms with Crippen LogP contribution in [-0.4, -0.2) is 21.0 Å². The maximum atomic E-state index is 11.9. The molecular formula is C16H14BrN5O2. The van der Waals surface area contributed by atoms with Gasteiger partial charge < -0.3 is 4.52 Å². The van der Waals surface area contributed by atoms with Crippen LogP contribution in [0.4, 0.5) is 6.01 Å². The number of anilines is 1. The Morgan fingerprint density at radius 3 is 2.75 bits per heavy atom. The molecule has 122 valence electrons. The lowest BCUT2D eigenvalue weighted by Crippen LogP contribution is -2.29. The fourth-order valence-electron chi connectivity index (χ4n) is 2.03. The lowest BCUT2D eigenvalue weighted by molar-refractivity contribution is -0.120. The highest BCUT2D eigenvalue weighted by molar-refractivity contribution is 9.10. The van der Waals surface area contributed by atoms with Gasteiger partial charge in [0.05, 0.1) is 0 Å². The van der Waals surface area contributed by atoms with Crippen molar-refractivity contribution in [3.05, 3.63) is 58.8 Å². The van der Waals surface area contributed by atoms with Gasteiger partial charge in [0.1, 0.15) is 0 Å². The zero-order chi connectivity index (χ0) is 16.8. The number of nitrogens with zero attached hydrogens (tertiary/aromatic N) is 3. The Bertz CT molecular complexity index is 822. The zero-order valence-electron chi connectivity index (χ0n) is 12.6. The number of benzene rings is 1. The van der Waals surface area contributed by atoms with Gasteiger partial charge in [0.2, 0.25) is 11.7 Å². The van der Waals surface area contributed by atoms with Crippen molar-refractivity contribution in [1.82, 2.24) is 20.6 Å². The van der Waals surface area contributed by atoms with Gasteiger partial charge in [-0.15, -0.1) is 0 Å². The zero-order valence-corrected chi connectivity index (χ0v) is 14.2. The molecular weight excluding hydrogens is 374 g/mol. The van der Waals surface area contributed by atoms with Crippen LogP contribution in [-0.2, 0) is 11.2 Å². The molecule has 0 bridgehead atoms. The molecule has 0 spiro atoms. The van der Waals surface area contributed by atoms with Crippen molar-refractivity contribution in [2.24, 2.45) is 0 Å². The van der Waals surface area contributed by atoms with Gasteiger partial charge in [0.25, 0.3) is 0 Å². The Balaban J connectivity index is 1.50. The number of carbonyl (C=O) groups is 1. The standard InChI is InChI=1S/C16H14BrN5O2/c17-13-4-2-1-3-11(13)5-6-14(23)20-21-16-19-15(22-24-16)12-7-9-18-10-8-12/h1-4,7-10H,5-6H2,(H,20,23)(H,19,21,22). The number of aromatic nitrogens is 3. The van der Waals surface area contributed by atoms with Crippen LogP contribution in [0.5, 0.6) is 0 Å². The van der Waals surface area contributed by atoms with Crippen LogP contribution in [0.3, 0.4) is 0 Å². The van der Waals surface area contributed by atoms with Crippen molar-refractivity contribution in [2.45, 2.75) is 12.8 Å². The monoisotopic (exact) mass is 387 g/mol. The van der Waals surface area contributed by atoms with E-state index in [4.69, 9.17) is 4.52 Å². The maximum absolute atomic E-state index is 11.9. The number of nitrogens with one attached hydrogen (secondary N) is 2. The Morgan fingerprint density at radius 2 is 1.96 bits per heavy atom. The van der Waals surface area contributed by atoms with Crippen molar-refractivity contribution in [2.75, 3.05) is 5.43 Å². The first-order valence-electron chi connectivity index (χ1n) is 7.25. The van der Waals surface area contributed by atoms with Gasteiger partial charge in [-0.3, -0.25) is 15.2 Å². The summed E-state index contributed by atoms with van der Waals surface area (Å²) in [5.74, 6) is 0.247. The molecule has 1 amide bonds. The molecule has 0 fully saturated rings. The van der Waals surface area contributed by atoms with E-state index in [1.54, 1.807) is 24.5 Å². The van der Waals surface area contributed by atoms with Crippen LogP contribution in [0.1, 0.15) is 12.0 Å². The molecule has 0 saturated carbocycles. The van der Waals surface area contributed by atoms with Gasteiger partial charge in [0, 0.05) is 28.9 Å². The van der Waals surface area contributed by atoms with E-state index in [-0.39, 0.29) is 11.9 Å². The summed E-state index contributed by atoms with van der Waals surface area (Å²) in [5, 5.41) is 3.84. The van der Waals surface area contributed by atoms with Crippen molar-refractivity contribution < 1.29 is 9.32 Å². The Hall–Kier alpha value is -2.74. The highest BCUT2D eigenvalue weighted by Gasteiger charge is 2.09. The van der Waals surface area contributed by atoms with E-state index < -0.39 is 0 Å². The molecule has 8 heteroatoms. The molecule has 0 unspecified atom stereocenters. The topological polar surface area (TPSA) is 92.9 Å². The van der Waals surface area contributed by atoms with Crippen LogP contribution in [0.15, 0.2) is 57.8 Å². The van der Waals surface area contributed by atoms with E-state index in [1.807, 2.05) is 24.3 Å². The summed E-state index contributed by atoms with van der Waals surface area (Å²) >= 11 is 3.46. The number of halogens is 1. The molecule has 2 N–H and O–H groups in total. The third-order valence-electron chi connectivity index (χ3n) is 3.25. The van der Waals surface area contributed by atoms with Gasteiger partial charge in [0.15, 0.2) is 0 Å². The predicted molar refractivity (Wildman–Crippen MR) is 91.8 cm³/mol. The van der Waals surface area contributed by atoms with Gasteiger partial charge in [-0.1, -0.05) is 39.3 Å². The minimum Gasteiger partial charge on any atom is -0.313 e. The first-order chi connectivity index (χ1) is 11.7. The maximum Gasteiger partial charge on any atom is 0.340 e. The van der Waals surface area contributed by atoms with Gasteiger partial charge in [-0.05, 0) is 30.2 Å². The van der Waals surface area contributed by atoms with Gasteiger partial charge >= 0.3 is 6.01 Å². The summed E-state index contributed by atoms with van der Waals surface area (Å²) < 4.78 is 6.03. The van der Waals surface area contributed by atoms with Gasteiger partial charge in [-0.2, -0.15) is 4.98 Å². The fraction of sp³-hybridized carbons (Fsp3) is 0.125. The summed E-state index contributed by atoms with van der Waals surface area (Å²) in [6.07, 6.45) is 4.24. The van der Waals surface area contributed by atoms with E-state index in [9.17, 15) is 4.79 Å². The molecule has 3 aromatic rings. The average molecular weight is 388 g/mol. The minimum atomic E-state index is -0.172. The van der Waals surface area contributed by atoms with E-state index in [0.29, 0.717) is 18.7 Å². The third kappa shape index (κ3) is 4.17. The van der Waals surface area contributed by atoms with Crippen LogP contribution in [0, 0.1) is 0 Å². The molecule has 24 heavy (non-hydrogen) atoms. The highest BCUT2D eigenvalue weighted by atomic mass is 79.9. The van der Waals surface area contributed by atoms with Crippen LogP contribution in [0.25, 0.3) is 11.4 Å². The molecule has 0 aliphatic rings. The van der Waals surface area contributed by atoms with Crippen LogP contribution >= 0.6 is 15.9 Å². The molecule has 0 saturated heterocycles. The third-order valence-corrected chi connectivity index (χ3v) is 4.03. The largest absolute Gasteiger partial charge is 0.340 e. The molecule has 2 aromatic heterocycles.